The number of aromatic nitrogens is 3. The van der Waals surface area contributed by atoms with Gasteiger partial charge in [0.05, 0.1) is 0 Å². The summed E-state index contributed by atoms with van der Waals surface area (Å²) < 4.78 is 6.10. The largest absolute Gasteiger partial charge is 0.435 e. The van der Waals surface area contributed by atoms with Crippen molar-refractivity contribution >= 4 is 22.4 Å². The lowest BCUT2D eigenvalue weighted by Crippen LogP contribution is -2.42. The molecule has 1 fully saturated rings. The third kappa shape index (κ3) is 3.57. The minimum atomic E-state index is 0.362. The minimum absolute atomic E-state index is 0.362. The van der Waals surface area contributed by atoms with Crippen LogP contribution in [0.4, 0.5) is 11.5 Å². The number of likely N-dealkylation sites (tertiary alicyclic amines) is 1. The van der Waals surface area contributed by atoms with E-state index in [1.807, 2.05) is 44.3 Å². The number of hydrogen-bond donors (Lipinski definition) is 1. The predicted octanol–water partition coefficient (Wildman–Crippen LogP) is 3.24. The highest BCUT2D eigenvalue weighted by molar-refractivity contribution is 5.85. The molecule has 0 spiro atoms. The van der Waals surface area contributed by atoms with Crippen LogP contribution < -0.4 is 15.4 Å². The Bertz CT molecular complexity index is 984. The fourth-order valence-electron chi connectivity index (χ4n) is 3.69. The first kappa shape index (κ1) is 18.4. The summed E-state index contributed by atoms with van der Waals surface area (Å²) in [5, 5.41) is 1.01. The maximum absolute atomic E-state index is 6.42. The van der Waals surface area contributed by atoms with Crippen molar-refractivity contribution in [2.45, 2.75) is 25.8 Å². The number of benzene rings is 1. The molecule has 0 radical (unpaired) electrons. The summed E-state index contributed by atoms with van der Waals surface area (Å²) in [5.74, 6) is 1.71. The minimum Gasteiger partial charge on any atom is -0.435 e. The second kappa shape index (κ2) is 7.59. The van der Waals surface area contributed by atoms with Gasteiger partial charge in [0, 0.05) is 24.2 Å². The molecule has 2 N–H and O–H groups in total. The molecule has 0 bridgehead atoms. The van der Waals surface area contributed by atoms with E-state index >= 15 is 0 Å². The second-order valence-electron chi connectivity index (χ2n) is 7.44. The number of nitrogens with zero attached hydrogens (tertiary/aromatic N) is 5. The molecule has 7 nitrogen and oxygen atoms in total. The zero-order chi connectivity index (χ0) is 19.7. The number of ether oxygens (including phenoxy) is 1. The van der Waals surface area contributed by atoms with E-state index in [4.69, 9.17) is 10.5 Å². The maximum atomic E-state index is 6.42. The van der Waals surface area contributed by atoms with Crippen LogP contribution in [0.3, 0.4) is 0 Å². The van der Waals surface area contributed by atoms with Crippen LogP contribution in [-0.2, 0) is 0 Å². The highest BCUT2D eigenvalue weighted by Crippen LogP contribution is 2.35. The first-order valence-corrected chi connectivity index (χ1v) is 9.59. The van der Waals surface area contributed by atoms with E-state index in [1.54, 1.807) is 0 Å². The van der Waals surface area contributed by atoms with Crippen molar-refractivity contribution in [3.63, 3.8) is 0 Å². The molecule has 0 unspecified atom stereocenters. The van der Waals surface area contributed by atoms with E-state index < -0.39 is 0 Å². The molecule has 3 heterocycles. The van der Waals surface area contributed by atoms with Crippen LogP contribution in [-0.4, -0.2) is 53.1 Å². The number of nitrogen functional groups attached to an aromatic ring is 1. The highest BCUT2D eigenvalue weighted by atomic mass is 16.5. The van der Waals surface area contributed by atoms with Crippen molar-refractivity contribution < 1.29 is 4.74 Å². The molecule has 1 aliphatic heterocycles. The molecular weight excluding hydrogens is 352 g/mol. The lowest BCUT2D eigenvalue weighted by Gasteiger charge is -2.36. The molecule has 28 heavy (non-hydrogen) atoms. The van der Waals surface area contributed by atoms with Crippen LogP contribution in [0.15, 0.2) is 36.7 Å². The first-order valence-electron chi connectivity index (χ1n) is 9.59. The van der Waals surface area contributed by atoms with Gasteiger partial charge in [0.25, 0.3) is 0 Å². The molecule has 1 aliphatic rings. The van der Waals surface area contributed by atoms with Gasteiger partial charge >= 0.3 is 0 Å². The van der Waals surface area contributed by atoms with Crippen molar-refractivity contribution in [2.75, 3.05) is 37.8 Å². The monoisotopic (exact) mass is 378 g/mol. The van der Waals surface area contributed by atoms with Gasteiger partial charge in [0.15, 0.2) is 11.6 Å². The Kier molecular flexibility index (Phi) is 5.00. The van der Waals surface area contributed by atoms with E-state index in [-0.39, 0.29) is 0 Å². The van der Waals surface area contributed by atoms with Crippen LogP contribution in [0, 0.1) is 6.92 Å². The molecule has 2 aromatic heterocycles. The number of fused-ring (bicyclic) bond motifs is 1. The SMILES string of the molecule is Cc1ccc2cccc(Oc3ncnc(N(C)C4CCN(C)CC4)c3N)c2n1. The van der Waals surface area contributed by atoms with Crippen LogP contribution >= 0.6 is 0 Å². The fourth-order valence-corrected chi connectivity index (χ4v) is 3.69. The molecule has 1 saturated heterocycles. The summed E-state index contributed by atoms with van der Waals surface area (Å²) >= 11 is 0. The fraction of sp³-hybridized carbons (Fsp3) is 0.381. The number of pyridine rings is 1. The summed E-state index contributed by atoms with van der Waals surface area (Å²) in [7, 11) is 4.20. The Morgan fingerprint density at radius 2 is 1.93 bits per heavy atom. The first-order chi connectivity index (χ1) is 13.5. The zero-order valence-electron chi connectivity index (χ0n) is 16.6. The Hall–Kier alpha value is -2.93. The Morgan fingerprint density at radius 1 is 1.14 bits per heavy atom. The number of aryl methyl sites for hydroxylation is 1. The lowest BCUT2D eigenvalue weighted by atomic mass is 10.0. The van der Waals surface area contributed by atoms with Crippen LogP contribution in [0.25, 0.3) is 10.9 Å². The average molecular weight is 378 g/mol. The van der Waals surface area contributed by atoms with Gasteiger partial charge in [-0.3, -0.25) is 0 Å². The number of piperidine rings is 1. The summed E-state index contributed by atoms with van der Waals surface area (Å²) in [4.78, 5) is 17.8. The lowest BCUT2D eigenvalue weighted by molar-refractivity contribution is 0.252. The Balaban J connectivity index is 1.63. The molecule has 0 atom stereocenters. The zero-order valence-corrected chi connectivity index (χ0v) is 16.6. The summed E-state index contributed by atoms with van der Waals surface area (Å²) in [5.41, 5.74) is 8.60. The molecule has 4 rings (SSSR count). The Morgan fingerprint density at radius 3 is 2.71 bits per heavy atom. The summed E-state index contributed by atoms with van der Waals surface area (Å²) in [6.07, 6.45) is 3.68. The van der Waals surface area contributed by atoms with E-state index in [2.05, 4.69) is 31.8 Å². The van der Waals surface area contributed by atoms with E-state index in [0.717, 1.165) is 42.5 Å². The van der Waals surface area contributed by atoms with Gasteiger partial charge in [-0.25, -0.2) is 9.97 Å². The Labute approximate surface area is 165 Å². The molecular formula is C21H26N6O. The molecule has 146 valence electrons. The quantitative estimate of drug-likeness (QED) is 0.746. The molecule has 1 aromatic carbocycles. The number of hydrogen-bond acceptors (Lipinski definition) is 7. The van der Waals surface area contributed by atoms with Crippen LogP contribution in [0.2, 0.25) is 0 Å². The molecule has 3 aromatic rings. The van der Waals surface area contributed by atoms with Gasteiger partial charge in [-0.15, -0.1) is 0 Å². The maximum Gasteiger partial charge on any atom is 0.248 e. The molecule has 7 heteroatoms. The summed E-state index contributed by atoms with van der Waals surface area (Å²) in [6.45, 7) is 4.11. The number of anilines is 2. The third-order valence-corrected chi connectivity index (χ3v) is 5.43. The molecule has 0 amide bonds. The van der Waals surface area contributed by atoms with Gasteiger partial charge in [-0.2, -0.15) is 4.98 Å². The van der Waals surface area contributed by atoms with Crippen molar-refractivity contribution in [1.29, 1.82) is 0 Å². The van der Waals surface area contributed by atoms with Crippen molar-refractivity contribution in [3.8, 4) is 11.6 Å². The van der Waals surface area contributed by atoms with E-state index in [1.165, 1.54) is 6.33 Å². The third-order valence-electron chi connectivity index (χ3n) is 5.43. The van der Waals surface area contributed by atoms with Gasteiger partial charge in [0.2, 0.25) is 5.88 Å². The number of nitrogens with two attached hydrogens (primary N) is 1. The predicted molar refractivity (Wildman–Crippen MR) is 112 cm³/mol. The van der Waals surface area contributed by atoms with Gasteiger partial charge in [-0.05, 0) is 52.0 Å². The molecule has 0 aliphatic carbocycles. The summed E-state index contributed by atoms with van der Waals surface area (Å²) in [6, 6.07) is 10.3. The standard InChI is InChI=1S/C21H26N6O/c1-14-7-8-15-5-4-6-17(19(15)25-14)28-21-18(22)20(23-13-24-21)27(3)16-9-11-26(2)12-10-16/h4-8,13,16H,9-12,22H2,1-3H3. The number of para-hydroxylation sites is 1. The second-order valence-corrected chi connectivity index (χ2v) is 7.44. The highest BCUT2D eigenvalue weighted by Gasteiger charge is 2.24. The van der Waals surface area contributed by atoms with Crippen LogP contribution in [0.5, 0.6) is 11.6 Å². The van der Waals surface area contributed by atoms with Gasteiger partial charge in [0.1, 0.15) is 17.5 Å². The normalized spacial score (nSPS) is 15.7. The van der Waals surface area contributed by atoms with Crippen molar-refractivity contribution in [1.82, 2.24) is 19.9 Å². The van der Waals surface area contributed by atoms with Crippen molar-refractivity contribution in [3.05, 3.63) is 42.4 Å². The number of rotatable bonds is 4. The smallest absolute Gasteiger partial charge is 0.248 e. The van der Waals surface area contributed by atoms with Gasteiger partial charge < -0.3 is 20.3 Å². The van der Waals surface area contributed by atoms with Crippen LogP contribution in [0.1, 0.15) is 18.5 Å². The molecule has 0 saturated carbocycles. The average Bonchev–Trinajstić information content (AvgIpc) is 2.70. The van der Waals surface area contributed by atoms with Gasteiger partial charge in [-0.1, -0.05) is 18.2 Å². The van der Waals surface area contributed by atoms with E-state index in [9.17, 15) is 0 Å². The van der Waals surface area contributed by atoms with Crippen molar-refractivity contribution in [2.24, 2.45) is 0 Å². The van der Waals surface area contributed by atoms with E-state index in [0.29, 0.717) is 29.2 Å². The topological polar surface area (TPSA) is 80.4 Å².